The van der Waals surface area contributed by atoms with Crippen molar-refractivity contribution in [1.29, 1.82) is 0 Å². The highest BCUT2D eigenvalue weighted by molar-refractivity contribution is 7.90. The number of hydrogen-bond donors (Lipinski definition) is 0. The number of methoxy groups -OCH3 is 1. The van der Waals surface area contributed by atoms with Crippen molar-refractivity contribution in [2.75, 3.05) is 7.11 Å². The fourth-order valence-corrected chi connectivity index (χ4v) is 4.92. The summed E-state index contributed by atoms with van der Waals surface area (Å²) in [6.07, 6.45) is 0. The number of aromatic nitrogens is 1. The lowest BCUT2D eigenvalue weighted by atomic mass is 10.1. The third kappa shape index (κ3) is 3.30. The smallest absolute Gasteiger partial charge is 0.268 e. The fraction of sp³-hybridized carbons (Fsp3) is 0.0455. The second-order valence-electron chi connectivity index (χ2n) is 6.35. The number of hydrogen-bond acceptors (Lipinski definition) is 4. The van der Waals surface area contributed by atoms with Gasteiger partial charge in [-0.3, -0.25) is 4.79 Å². The Morgan fingerprint density at radius 1 is 0.931 bits per heavy atom. The van der Waals surface area contributed by atoms with Crippen molar-refractivity contribution in [2.45, 2.75) is 4.90 Å². The first-order valence-electron chi connectivity index (χ1n) is 8.73. The van der Waals surface area contributed by atoms with Gasteiger partial charge in [-0.1, -0.05) is 48.0 Å². The Hall–Kier alpha value is -3.09. The zero-order chi connectivity index (χ0) is 20.6. The van der Waals surface area contributed by atoms with Gasteiger partial charge in [0, 0.05) is 10.9 Å². The van der Waals surface area contributed by atoms with Crippen molar-refractivity contribution in [3.05, 3.63) is 95.1 Å². The summed E-state index contributed by atoms with van der Waals surface area (Å²) in [5.74, 6) is -0.109. The van der Waals surface area contributed by atoms with E-state index in [1.54, 1.807) is 60.7 Å². The molecule has 0 aliphatic rings. The van der Waals surface area contributed by atoms with Gasteiger partial charge >= 0.3 is 0 Å². The summed E-state index contributed by atoms with van der Waals surface area (Å²) in [6, 6.07) is 21.2. The van der Waals surface area contributed by atoms with Gasteiger partial charge in [0.25, 0.3) is 10.0 Å². The predicted molar refractivity (Wildman–Crippen MR) is 112 cm³/mol. The molecule has 0 amide bonds. The van der Waals surface area contributed by atoms with E-state index < -0.39 is 15.8 Å². The lowest BCUT2D eigenvalue weighted by Gasteiger charge is -2.12. The SMILES string of the molecule is COc1cc(C(=O)c2cc3ccccc3n2S(=O)(=O)c2ccccc2)ccc1Cl. The van der Waals surface area contributed by atoms with Crippen molar-refractivity contribution in [3.8, 4) is 5.75 Å². The summed E-state index contributed by atoms with van der Waals surface area (Å²) < 4.78 is 33.1. The molecule has 0 bridgehead atoms. The average molecular weight is 426 g/mol. The maximum atomic E-state index is 13.4. The normalized spacial score (nSPS) is 11.5. The van der Waals surface area contributed by atoms with E-state index >= 15 is 0 Å². The Morgan fingerprint density at radius 3 is 2.34 bits per heavy atom. The van der Waals surface area contributed by atoms with Crippen LogP contribution in [0, 0.1) is 0 Å². The van der Waals surface area contributed by atoms with Crippen molar-refractivity contribution in [1.82, 2.24) is 3.97 Å². The van der Waals surface area contributed by atoms with E-state index in [-0.39, 0.29) is 16.2 Å². The number of ketones is 1. The van der Waals surface area contributed by atoms with Gasteiger partial charge in [-0.25, -0.2) is 12.4 Å². The van der Waals surface area contributed by atoms with Gasteiger partial charge in [0.05, 0.1) is 22.5 Å². The van der Waals surface area contributed by atoms with Crippen LogP contribution in [0.5, 0.6) is 5.75 Å². The zero-order valence-electron chi connectivity index (χ0n) is 15.4. The second kappa shape index (κ2) is 7.39. The largest absolute Gasteiger partial charge is 0.495 e. The summed E-state index contributed by atoms with van der Waals surface area (Å²) in [5.41, 5.74) is 0.749. The molecule has 1 heterocycles. The minimum atomic E-state index is -3.99. The molecule has 0 fully saturated rings. The van der Waals surface area contributed by atoms with Crippen LogP contribution in [0.25, 0.3) is 10.9 Å². The highest BCUT2D eigenvalue weighted by Gasteiger charge is 2.27. The first kappa shape index (κ1) is 19.2. The lowest BCUT2D eigenvalue weighted by Crippen LogP contribution is -2.19. The summed E-state index contributed by atoms with van der Waals surface area (Å²) >= 11 is 6.06. The van der Waals surface area contributed by atoms with Gasteiger partial charge < -0.3 is 4.74 Å². The molecule has 0 radical (unpaired) electrons. The third-order valence-corrected chi connectivity index (χ3v) is 6.65. The van der Waals surface area contributed by atoms with Crippen LogP contribution >= 0.6 is 11.6 Å². The van der Waals surface area contributed by atoms with E-state index in [2.05, 4.69) is 0 Å². The molecule has 1 aromatic heterocycles. The summed E-state index contributed by atoms with van der Waals surface area (Å²) in [4.78, 5) is 13.4. The van der Waals surface area contributed by atoms with E-state index in [9.17, 15) is 13.2 Å². The number of carbonyl (C=O) groups excluding carboxylic acids is 1. The number of ether oxygens (including phenoxy) is 1. The lowest BCUT2D eigenvalue weighted by molar-refractivity contribution is 0.103. The van der Waals surface area contributed by atoms with Crippen molar-refractivity contribution in [2.24, 2.45) is 0 Å². The van der Waals surface area contributed by atoms with Crippen molar-refractivity contribution >= 4 is 38.3 Å². The molecule has 0 spiro atoms. The summed E-state index contributed by atoms with van der Waals surface area (Å²) in [5, 5.41) is 1.01. The van der Waals surface area contributed by atoms with Gasteiger partial charge in [-0.15, -0.1) is 0 Å². The molecule has 0 aliphatic carbocycles. The predicted octanol–water partition coefficient (Wildman–Crippen LogP) is 4.77. The highest BCUT2D eigenvalue weighted by Crippen LogP contribution is 2.30. The topological polar surface area (TPSA) is 65.4 Å². The van der Waals surface area contributed by atoms with Crippen molar-refractivity contribution < 1.29 is 17.9 Å². The van der Waals surface area contributed by atoms with Crippen LogP contribution in [0.15, 0.2) is 83.8 Å². The molecule has 3 aromatic carbocycles. The van der Waals surface area contributed by atoms with Crippen molar-refractivity contribution in [3.63, 3.8) is 0 Å². The van der Waals surface area contributed by atoms with Gasteiger partial charge in [0.1, 0.15) is 11.4 Å². The van der Waals surface area contributed by atoms with Gasteiger partial charge in [0.2, 0.25) is 5.78 Å². The average Bonchev–Trinajstić information content (AvgIpc) is 3.14. The van der Waals surface area contributed by atoms with E-state index in [1.165, 1.54) is 25.3 Å². The van der Waals surface area contributed by atoms with E-state index in [0.29, 0.717) is 21.7 Å². The van der Waals surface area contributed by atoms with Crippen LogP contribution in [-0.4, -0.2) is 25.3 Å². The molecule has 0 saturated heterocycles. The van der Waals surface area contributed by atoms with Crippen LogP contribution in [-0.2, 0) is 10.0 Å². The molecule has 0 saturated carbocycles. The number of benzene rings is 3. The van der Waals surface area contributed by atoms with Crippen LogP contribution in [0.3, 0.4) is 0 Å². The van der Waals surface area contributed by atoms with E-state index in [1.807, 2.05) is 0 Å². The molecule has 0 N–H and O–H groups in total. The molecule has 0 aliphatic heterocycles. The molecule has 146 valence electrons. The summed E-state index contributed by atoms with van der Waals surface area (Å²) in [7, 11) is -2.54. The molecule has 4 aromatic rings. The molecule has 0 unspecified atom stereocenters. The number of para-hydroxylation sites is 1. The first-order chi connectivity index (χ1) is 13.9. The maximum Gasteiger partial charge on any atom is 0.268 e. The van der Waals surface area contributed by atoms with Gasteiger partial charge in [0.15, 0.2) is 0 Å². The Morgan fingerprint density at radius 2 is 1.62 bits per heavy atom. The monoisotopic (exact) mass is 425 g/mol. The molecule has 4 rings (SSSR count). The third-order valence-electron chi connectivity index (χ3n) is 4.59. The Labute approximate surface area is 173 Å². The summed E-state index contributed by atoms with van der Waals surface area (Å²) in [6.45, 7) is 0. The molecule has 29 heavy (non-hydrogen) atoms. The van der Waals surface area contributed by atoms with Crippen LogP contribution < -0.4 is 4.74 Å². The second-order valence-corrected chi connectivity index (χ2v) is 8.54. The van der Waals surface area contributed by atoms with Crippen LogP contribution in [0.1, 0.15) is 16.1 Å². The number of nitrogens with zero attached hydrogens (tertiary/aromatic N) is 1. The zero-order valence-corrected chi connectivity index (χ0v) is 16.9. The van der Waals surface area contributed by atoms with E-state index in [4.69, 9.17) is 16.3 Å². The van der Waals surface area contributed by atoms with Gasteiger partial charge in [-0.2, -0.15) is 0 Å². The number of fused-ring (bicyclic) bond motifs is 1. The van der Waals surface area contributed by atoms with Crippen LogP contribution in [0.2, 0.25) is 5.02 Å². The molecular weight excluding hydrogens is 410 g/mol. The van der Waals surface area contributed by atoms with E-state index in [0.717, 1.165) is 3.97 Å². The Kier molecular flexibility index (Phi) is 4.90. The molecular formula is C22H16ClNO4S. The molecule has 5 nitrogen and oxygen atoms in total. The quantitative estimate of drug-likeness (QED) is 0.432. The fourth-order valence-electron chi connectivity index (χ4n) is 3.19. The highest BCUT2D eigenvalue weighted by atomic mass is 35.5. The Bertz CT molecular complexity index is 1330. The van der Waals surface area contributed by atoms with Gasteiger partial charge in [-0.05, 0) is 42.5 Å². The Balaban J connectivity index is 1.97. The minimum absolute atomic E-state index is 0.0411. The number of carbonyl (C=O) groups is 1. The molecule has 0 atom stereocenters. The molecule has 7 heteroatoms. The van der Waals surface area contributed by atoms with Crippen LogP contribution in [0.4, 0.5) is 0 Å². The number of rotatable bonds is 5. The number of halogens is 1. The standard InChI is InChI=1S/C22H16ClNO4S/c1-28-21-14-16(11-12-18(21)23)22(25)20-13-15-7-5-6-10-19(15)24(20)29(26,27)17-8-3-2-4-9-17/h2-14H,1H3. The maximum absolute atomic E-state index is 13.4. The minimum Gasteiger partial charge on any atom is -0.495 e. The first-order valence-corrected chi connectivity index (χ1v) is 10.5.